The van der Waals surface area contributed by atoms with E-state index in [4.69, 9.17) is 20.7 Å². The average Bonchev–Trinajstić information content (AvgIpc) is 2.80. The molecule has 15 heteroatoms. The van der Waals surface area contributed by atoms with Crippen LogP contribution in [0.25, 0.3) is 5.52 Å². The predicted octanol–water partition coefficient (Wildman–Crippen LogP) is 1.98. The van der Waals surface area contributed by atoms with E-state index in [2.05, 4.69) is 18.3 Å². The first-order valence-corrected chi connectivity index (χ1v) is 11.0. The minimum absolute atomic E-state index is 0.235. The minimum atomic E-state index is -5.03. The molecule has 0 radical (unpaired) electrons. The van der Waals surface area contributed by atoms with Crippen molar-refractivity contribution in [3.63, 3.8) is 0 Å². The Morgan fingerprint density at radius 2 is 1.73 bits per heavy atom. The van der Waals surface area contributed by atoms with E-state index in [-0.39, 0.29) is 22.4 Å². The molecule has 0 amide bonds. The van der Waals surface area contributed by atoms with E-state index in [1.165, 1.54) is 16.2 Å². The second-order valence-corrected chi connectivity index (χ2v) is 8.72. The number of hydrogen-bond acceptors (Lipinski definition) is 9. The van der Waals surface area contributed by atoms with Crippen LogP contribution in [0.4, 0.5) is 0 Å². The van der Waals surface area contributed by atoms with Crippen LogP contribution in [-0.2, 0) is 20.8 Å². The fraction of sp³-hybridized carbons (Fsp3) is 0.455. The summed E-state index contributed by atoms with van der Waals surface area (Å²) in [7, 11) is -10.0. The lowest BCUT2D eigenvalue weighted by Gasteiger charge is -2.12. The third-order valence-electron chi connectivity index (χ3n) is 2.82. The van der Waals surface area contributed by atoms with Crippen LogP contribution in [0.5, 0.6) is 11.6 Å². The van der Waals surface area contributed by atoms with Gasteiger partial charge in [-0.2, -0.15) is 21.8 Å². The molecule has 2 aromatic heterocycles. The third-order valence-corrected chi connectivity index (χ3v) is 4.64. The van der Waals surface area contributed by atoms with Crippen LogP contribution in [0.1, 0.15) is 32.5 Å². The van der Waals surface area contributed by atoms with E-state index in [9.17, 15) is 16.8 Å². The highest BCUT2D eigenvalue weighted by Crippen LogP contribution is 2.40. The van der Waals surface area contributed by atoms with Gasteiger partial charge in [0.15, 0.2) is 15.8 Å². The van der Waals surface area contributed by atoms with Crippen LogP contribution < -0.4 is 8.37 Å². The van der Waals surface area contributed by atoms with Crippen molar-refractivity contribution in [2.75, 3.05) is 5.75 Å². The molecule has 0 aliphatic rings. The van der Waals surface area contributed by atoms with Crippen molar-refractivity contribution < 1.29 is 34.3 Å². The van der Waals surface area contributed by atoms with Crippen molar-refractivity contribution >= 4 is 49.7 Å². The molecule has 0 fully saturated rings. The van der Waals surface area contributed by atoms with Gasteiger partial charge in [0.05, 0.1) is 0 Å². The SMILES string of the molecule is CCSc1nc(Cl)c(OS(=O)(=O)O)c2c(OS(=O)(=O)O)nc(C(C)C)n12. The summed E-state index contributed by atoms with van der Waals surface area (Å²) in [6.45, 7) is 5.27. The lowest BCUT2D eigenvalue weighted by atomic mass is 10.2. The van der Waals surface area contributed by atoms with Crippen LogP contribution in [0.3, 0.4) is 0 Å². The van der Waals surface area contributed by atoms with Crippen molar-refractivity contribution in [3.05, 3.63) is 11.0 Å². The Kier molecular flexibility index (Phi) is 5.94. The van der Waals surface area contributed by atoms with Crippen molar-refractivity contribution in [1.29, 1.82) is 0 Å². The zero-order valence-electron chi connectivity index (χ0n) is 13.6. The van der Waals surface area contributed by atoms with Gasteiger partial charge in [-0.1, -0.05) is 44.1 Å². The van der Waals surface area contributed by atoms with Crippen molar-refractivity contribution in [1.82, 2.24) is 14.4 Å². The second-order valence-electron chi connectivity index (χ2n) is 5.08. The van der Waals surface area contributed by atoms with Crippen molar-refractivity contribution in [3.8, 4) is 11.6 Å². The number of aromatic nitrogens is 3. The zero-order valence-corrected chi connectivity index (χ0v) is 16.8. The maximum atomic E-state index is 11.1. The molecule has 0 saturated heterocycles. The summed E-state index contributed by atoms with van der Waals surface area (Å²) < 4.78 is 72.7. The van der Waals surface area contributed by atoms with Gasteiger partial charge in [-0.3, -0.25) is 13.5 Å². The van der Waals surface area contributed by atoms with Crippen LogP contribution in [-0.4, -0.2) is 46.1 Å². The Bertz CT molecular complexity index is 1050. The molecule has 2 aromatic rings. The molecule has 0 unspecified atom stereocenters. The van der Waals surface area contributed by atoms with Crippen LogP contribution >= 0.6 is 23.4 Å². The first kappa shape index (κ1) is 21.0. The van der Waals surface area contributed by atoms with Crippen LogP contribution in [0.2, 0.25) is 5.15 Å². The molecule has 0 bridgehead atoms. The normalized spacial score (nSPS) is 12.7. The van der Waals surface area contributed by atoms with E-state index >= 15 is 0 Å². The van der Waals surface area contributed by atoms with Gasteiger partial charge in [0.1, 0.15) is 5.82 Å². The largest absolute Gasteiger partial charge is 0.448 e. The lowest BCUT2D eigenvalue weighted by molar-refractivity contribution is 0.381. The van der Waals surface area contributed by atoms with Gasteiger partial charge in [-0.15, -0.1) is 0 Å². The first-order chi connectivity index (χ1) is 11.8. The molecule has 11 nitrogen and oxygen atoms in total. The van der Waals surface area contributed by atoms with Crippen LogP contribution in [0, 0.1) is 0 Å². The zero-order chi connectivity index (χ0) is 19.9. The van der Waals surface area contributed by atoms with Gasteiger partial charge in [0.25, 0.3) is 5.88 Å². The number of nitrogens with zero attached hydrogens (tertiary/aromatic N) is 3. The van der Waals surface area contributed by atoms with Gasteiger partial charge in [-0.25, -0.2) is 4.98 Å². The summed E-state index contributed by atoms with van der Waals surface area (Å²) >= 11 is 7.15. The van der Waals surface area contributed by atoms with Crippen LogP contribution in [0.15, 0.2) is 5.16 Å². The molecular weight excluding hydrogens is 434 g/mol. The van der Waals surface area contributed by atoms with Gasteiger partial charge in [0.2, 0.25) is 5.75 Å². The molecule has 2 N–H and O–H groups in total. The van der Waals surface area contributed by atoms with E-state index in [0.717, 1.165) is 0 Å². The molecule has 0 atom stereocenters. The quantitative estimate of drug-likeness (QED) is 0.276. The maximum absolute atomic E-state index is 11.1. The minimum Gasteiger partial charge on any atom is -0.356 e. The lowest BCUT2D eigenvalue weighted by Crippen LogP contribution is -2.11. The summed E-state index contributed by atoms with van der Waals surface area (Å²) in [4.78, 5) is 7.99. The highest BCUT2D eigenvalue weighted by molar-refractivity contribution is 7.99. The first-order valence-electron chi connectivity index (χ1n) is 6.92. The molecule has 0 saturated carbocycles. The van der Waals surface area contributed by atoms with Gasteiger partial charge in [0, 0.05) is 5.92 Å². The Morgan fingerprint density at radius 3 is 2.19 bits per heavy atom. The highest BCUT2D eigenvalue weighted by atomic mass is 35.5. The molecular formula is C11H14ClN3O8S3. The molecule has 0 aliphatic carbocycles. The third kappa shape index (κ3) is 4.69. The van der Waals surface area contributed by atoms with Crippen molar-refractivity contribution in [2.45, 2.75) is 31.8 Å². The summed E-state index contributed by atoms with van der Waals surface area (Å²) in [5.74, 6) is -0.899. The second kappa shape index (κ2) is 7.36. The molecule has 146 valence electrons. The number of halogens is 1. The molecule has 0 aromatic carbocycles. The number of hydrogen-bond donors (Lipinski definition) is 2. The summed E-state index contributed by atoms with van der Waals surface area (Å²) in [6.07, 6.45) is 0. The number of imidazole rings is 1. The van der Waals surface area contributed by atoms with Gasteiger partial charge in [-0.05, 0) is 5.75 Å². The van der Waals surface area contributed by atoms with Gasteiger partial charge >= 0.3 is 20.8 Å². The van der Waals surface area contributed by atoms with Gasteiger partial charge < -0.3 is 8.37 Å². The number of fused-ring (bicyclic) bond motifs is 1. The summed E-state index contributed by atoms with van der Waals surface area (Å²) in [6, 6.07) is 0. The fourth-order valence-corrected chi connectivity index (χ4v) is 3.76. The standard InChI is InChI=1S/C11H14ClN3O8S3/c1-4-24-11-13-8(12)7(22-25(16,17)18)6-10(23-26(19,20)21)14-9(5(2)3)15(6)11/h5H,4H2,1-3H3,(H,16,17,18)(H,19,20,21). The summed E-state index contributed by atoms with van der Waals surface area (Å²) in [5, 5.41) is -0.238. The molecule has 0 aliphatic heterocycles. The Hall–Kier alpha value is -1.32. The molecule has 2 heterocycles. The Morgan fingerprint density at radius 1 is 1.15 bits per heavy atom. The Labute approximate surface area is 158 Å². The highest BCUT2D eigenvalue weighted by Gasteiger charge is 2.29. The van der Waals surface area contributed by atoms with Crippen molar-refractivity contribution in [2.24, 2.45) is 0 Å². The smallest absolute Gasteiger partial charge is 0.356 e. The topological polar surface area (TPSA) is 157 Å². The van der Waals surface area contributed by atoms with E-state index in [1.807, 2.05) is 6.92 Å². The monoisotopic (exact) mass is 447 g/mol. The molecule has 26 heavy (non-hydrogen) atoms. The van der Waals surface area contributed by atoms with E-state index < -0.39 is 37.6 Å². The van der Waals surface area contributed by atoms with E-state index in [1.54, 1.807) is 13.8 Å². The van der Waals surface area contributed by atoms with E-state index in [0.29, 0.717) is 5.75 Å². The number of thioether (sulfide) groups is 1. The summed E-state index contributed by atoms with van der Waals surface area (Å²) in [5.41, 5.74) is -0.333. The molecule has 2 rings (SSSR count). The predicted molar refractivity (Wildman–Crippen MR) is 92.8 cm³/mol. The fourth-order valence-electron chi connectivity index (χ4n) is 2.04. The average molecular weight is 448 g/mol. The maximum Gasteiger partial charge on any atom is 0.448 e. The number of rotatable bonds is 7. The Balaban J connectivity index is 2.98. The molecule has 0 spiro atoms.